The molecular formula is C6H8Cl2O3. The molecule has 1 N–H and O–H groups in total. The van der Waals surface area contributed by atoms with Crippen LogP contribution in [0.3, 0.4) is 0 Å². The third-order valence-corrected chi connectivity index (χ3v) is 1.77. The van der Waals surface area contributed by atoms with Gasteiger partial charge in [-0.25, -0.2) is 4.79 Å². The zero-order valence-corrected chi connectivity index (χ0v) is 7.61. The molecule has 11 heavy (non-hydrogen) atoms. The molecule has 64 valence electrons. The molecule has 0 aromatic carbocycles. The van der Waals surface area contributed by atoms with E-state index >= 15 is 0 Å². The van der Waals surface area contributed by atoms with Gasteiger partial charge >= 0.3 is 5.97 Å². The number of aliphatic carboxylic acids is 1. The van der Waals surface area contributed by atoms with Gasteiger partial charge in [0, 0.05) is 0 Å². The molecule has 0 rings (SSSR count). The van der Waals surface area contributed by atoms with Gasteiger partial charge in [0.25, 0.3) is 0 Å². The van der Waals surface area contributed by atoms with Gasteiger partial charge in [-0.15, -0.1) is 11.6 Å². The molecule has 5 heteroatoms. The molecule has 2 unspecified atom stereocenters. The second-order valence-corrected chi connectivity index (χ2v) is 3.70. The first-order valence-electron chi connectivity index (χ1n) is 2.91. The van der Waals surface area contributed by atoms with Crippen LogP contribution >= 0.6 is 23.2 Å². The topological polar surface area (TPSA) is 54.4 Å². The van der Waals surface area contributed by atoms with Crippen LogP contribution in [-0.2, 0) is 9.59 Å². The van der Waals surface area contributed by atoms with Gasteiger partial charge < -0.3 is 5.11 Å². The number of hydrogen-bond donors (Lipinski definition) is 1. The number of rotatable bonds is 3. The van der Waals surface area contributed by atoms with Crippen molar-refractivity contribution in [3.05, 3.63) is 0 Å². The first-order chi connectivity index (χ1) is 4.80. The minimum Gasteiger partial charge on any atom is -0.480 e. The molecule has 2 atom stereocenters. The lowest BCUT2D eigenvalue weighted by atomic mass is 10.0. The van der Waals surface area contributed by atoms with Crippen molar-refractivity contribution in [1.82, 2.24) is 0 Å². The summed E-state index contributed by atoms with van der Waals surface area (Å²) in [4.78, 5) is 19.4. The van der Waals surface area contributed by atoms with Gasteiger partial charge in [-0.2, -0.15) is 0 Å². The minimum absolute atomic E-state index is 0.701. The number of carbonyl (C=O) groups is 2. The predicted octanol–water partition coefficient (Wildman–Crippen LogP) is 1.26. The molecule has 3 nitrogen and oxygen atoms in total. The third kappa shape index (κ3) is 2.34. The van der Waals surface area contributed by atoms with Crippen molar-refractivity contribution in [2.75, 3.05) is 0 Å². The third-order valence-electron chi connectivity index (χ3n) is 1.23. The molecule has 0 aromatic heterocycles. The van der Waals surface area contributed by atoms with Crippen LogP contribution in [0.25, 0.3) is 0 Å². The van der Waals surface area contributed by atoms with Crippen molar-refractivity contribution in [2.24, 2.45) is 0 Å². The first-order valence-corrected chi connectivity index (χ1v) is 3.72. The standard InChI is InChI=1S/C6H8Cl2O3/c1-3(7)4(9)6(2,8)5(10)11/h3H,1-2H3,(H,10,11). The summed E-state index contributed by atoms with van der Waals surface area (Å²) in [7, 11) is 0. The molecule has 0 fully saturated rings. The second-order valence-electron chi connectivity index (χ2n) is 2.29. The van der Waals surface area contributed by atoms with Crippen LogP contribution in [0.2, 0.25) is 0 Å². The molecule has 0 bridgehead atoms. The summed E-state index contributed by atoms with van der Waals surface area (Å²) in [6, 6.07) is 0. The fourth-order valence-electron chi connectivity index (χ4n) is 0.479. The maximum atomic E-state index is 11.0. The van der Waals surface area contributed by atoms with Gasteiger partial charge in [0.05, 0.1) is 5.38 Å². The molecule has 0 spiro atoms. The summed E-state index contributed by atoms with van der Waals surface area (Å²) in [5.74, 6) is -2.08. The van der Waals surface area contributed by atoms with Crippen molar-refractivity contribution >= 4 is 35.0 Å². The van der Waals surface area contributed by atoms with Gasteiger partial charge in [-0.3, -0.25) is 4.79 Å². The maximum absolute atomic E-state index is 11.0. The Hall–Kier alpha value is -0.280. The number of hydrogen-bond acceptors (Lipinski definition) is 2. The second kappa shape index (κ2) is 3.41. The van der Waals surface area contributed by atoms with E-state index in [1.165, 1.54) is 6.92 Å². The van der Waals surface area contributed by atoms with Gasteiger partial charge in [-0.05, 0) is 13.8 Å². The van der Waals surface area contributed by atoms with Gasteiger partial charge in [-0.1, -0.05) is 11.6 Å². The van der Waals surface area contributed by atoms with Gasteiger partial charge in [0.2, 0.25) is 0 Å². The quantitative estimate of drug-likeness (QED) is 0.549. The zero-order chi connectivity index (χ0) is 9.23. The number of halogens is 2. The van der Waals surface area contributed by atoms with Gasteiger partial charge in [0.1, 0.15) is 0 Å². The van der Waals surface area contributed by atoms with E-state index in [0.29, 0.717) is 0 Å². The molecular weight excluding hydrogens is 191 g/mol. The van der Waals surface area contributed by atoms with E-state index in [-0.39, 0.29) is 0 Å². The van der Waals surface area contributed by atoms with Crippen molar-refractivity contribution in [1.29, 1.82) is 0 Å². The molecule has 0 amide bonds. The smallest absolute Gasteiger partial charge is 0.332 e. The lowest BCUT2D eigenvalue weighted by Crippen LogP contribution is -2.41. The van der Waals surface area contributed by atoms with E-state index in [4.69, 9.17) is 28.3 Å². The summed E-state index contributed by atoms with van der Waals surface area (Å²) in [5, 5.41) is 7.57. The Morgan fingerprint density at radius 3 is 2.00 bits per heavy atom. The van der Waals surface area contributed by atoms with Crippen LogP contribution in [-0.4, -0.2) is 27.1 Å². The molecule has 0 aromatic rings. The van der Waals surface area contributed by atoms with Crippen LogP contribution in [0.15, 0.2) is 0 Å². The number of alkyl halides is 2. The highest BCUT2D eigenvalue weighted by atomic mass is 35.5. The monoisotopic (exact) mass is 198 g/mol. The van der Waals surface area contributed by atoms with Crippen LogP contribution in [0, 0.1) is 0 Å². The largest absolute Gasteiger partial charge is 0.480 e. The van der Waals surface area contributed by atoms with E-state index in [2.05, 4.69) is 0 Å². The Bertz CT molecular complexity index is 186. The predicted molar refractivity (Wildman–Crippen MR) is 42.2 cm³/mol. The summed E-state index contributed by atoms with van der Waals surface area (Å²) in [5.41, 5.74) is 0. The highest BCUT2D eigenvalue weighted by Gasteiger charge is 2.40. The number of carbonyl (C=O) groups excluding carboxylic acids is 1. The van der Waals surface area contributed by atoms with Crippen LogP contribution in [0.5, 0.6) is 0 Å². The molecule has 0 aliphatic carbocycles. The fraction of sp³-hybridized carbons (Fsp3) is 0.667. The van der Waals surface area contributed by atoms with E-state index in [1.807, 2.05) is 0 Å². The van der Waals surface area contributed by atoms with Crippen molar-refractivity contribution in [2.45, 2.75) is 24.1 Å². The molecule has 0 saturated heterocycles. The molecule has 0 radical (unpaired) electrons. The van der Waals surface area contributed by atoms with Gasteiger partial charge in [0.15, 0.2) is 10.7 Å². The normalized spacial score (nSPS) is 18.5. The maximum Gasteiger partial charge on any atom is 0.332 e. The number of Topliss-reactive ketones (excluding diaryl/α,β-unsaturated/α-hetero) is 1. The summed E-state index contributed by atoms with van der Waals surface area (Å²) in [6.07, 6.45) is 0. The Morgan fingerprint density at radius 1 is 1.55 bits per heavy atom. The lowest BCUT2D eigenvalue weighted by Gasteiger charge is -2.15. The Kier molecular flexibility index (Phi) is 3.32. The van der Waals surface area contributed by atoms with Crippen molar-refractivity contribution < 1.29 is 14.7 Å². The Balaban J connectivity index is 4.56. The van der Waals surface area contributed by atoms with E-state index in [1.54, 1.807) is 0 Å². The van der Waals surface area contributed by atoms with E-state index in [9.17, 15) is 9.59 Å². The average molecular weight is 199 g/mol. The fourth-order valence-corrected chi connectivity index (χ4v) is 0.917. The molecule has 0 heterocycles. The summed E-state index contributed by atoms with van der Waals surface area (Å²) < 4.78 is 0. The highest BCUT2D eigenvalue weighted by Crippen LogP contribution is 2.19. The number of carboxylic acid groups (broad SMARTS) is 1. The van der Waals surface area contributed by atoms with Crippen LogP contribution in [0.4, 0.5) is 0 Å². The van der Waals surface area contributed by atoms with E-state index in [0.717, 1.165) is 6.92 Å². The number of carboxylic acids is 1. The lowest BCUT2D eigenvalue weighted by molar-refractivity contribution is -0.143. The van der Waals surface area contributed by atoms with E-state index < -0.39 is 22.0 Å². The Morgan fingerprint density at radius 2 is 1.91 bits per heavy atom. The molecule has 0 aliphatic heterocycles. The molecule has 0 aliphatic rings. The average Bonchev–Trinajstić information content (AvgIpc) is 1.85. The van der Waals surface area contributed by atoms with Crippen LogP contribution in [0.1, 0.15) is 13.8 Å². The summed E-state index contributed by atoms with van der Waals surface area (Å²) in [6.45, 7) is 2.49. The minimum atomic E-state index is -1.90. The first kappa shape index (κ1) is 10.7. The van der Waals surface area contributed by atoms with Crippen molar-refractivity contribution in [3.8, 4) is 0 Å². The summed E-state index contributed by atoms with van der Waals surface area (Å²) >= 11 is 10.7. The van der Waals surface area contributed by atoms with Crippen LogP contribution < -0.4 is 0 Å². The molecule has 0 saturated carbocycles. The SMILES string of the molecule is CC(Cl)C(=O)C(C)(Cl)C(=O)O. The Labute approximate surface area is 74.3 Å². The zero-order valence-electron chi connectivity index (χ0n) is 6.10. The van der Waals surface area contributed by atoms with Crippen molar-refractivity contribution in [3.63, 3.8) is 0 Å². The number of ketones is 1. The highest BCUT2D eigenvalue weighted by molar-refractivity contribution is 6.49.